The number of rotatable bonds is 4. The molecule has 4 heteroatoms. The summed E-state index contributed by atoms with van der Waals surface area (Å²) in [5.74, 6) is 0.217. The molecule has 1 fully saturated rings. The maximum Gasteiger partial charge on any atom is 0.222 e. The Morgan fingerprint density at radius 1 is 1.67 bits per heavy atom. The van der Waals surface area contributed by atoms with Crippen LogP contribution in [-0.2, 0) is 9.53 Å². The first-order valence-electron chi connectivity index (χ1n) is 5.69. The molecule has 0 radical (unpaired) electrons. The number of hydrogen-bond acceptors (Lipinski definition) is 3. The molecule has 2 atom stereocenters. The molecule has 1 saturated heterocycles. The predicted molar refractivity (Wildman–Crippen MR) is 59.5 cm³/mol. The van der Waals surface area contributed by atoms with Gasteiger partial charge in [0, 0.05) is 32.7 Å². The molecule has 88 valence electrons. The Morgan fingerprint density at radius 2 is 2.40 bits per heavy atom. The van der Waals surface area contributed by atoms with Gasteiger partial charge in [0.25, 0.3) is 0 Å². The van der Waals surface area contributed by atoms with Gasteiger partial charge in [0.05, 0.1) is 6.10 Å². The smallest absolute Gasteiger partial charge is 0.222 e. The summed E-state index contributed by atoms with van der Waals surface area (Å²) >= 11 is 0. The van der Waals surface area contributed by atoms with Gasteiger partial charge in [-0.3, -0.25) is 4.79 Å². The van der Waals surface area contributed by atoms with Crippen LogP contribution in [0, 0.1) is 0 Å². The number of nitrogens with two attached hydrogens (primary N) is 1. The fraction of sp³-hybridized carbons (Fsp3) is 0.909. The molecule has 0 spiro atoms. The van der Waals surface area contributed by atoms with E-state index < -0.39 is 0 Å². The number of carbonyl (C=O) groups excluding carboxylic acids is 1. The van der Waals surface area contributed by atoms with E-state index in [1.807, 2.05) is 11.8 Å². The Kier molecular flexibility index (Phi) is 5.05. The molecule has 0 bridgehead atoms. The van der Waals surface area contributed by atoms with E-state index in [1.54, 1.807) is 7.11 Å². The number of ether oxygens (including phenoxy) is 1. The molecule has 4 nitrogen and oxygen atoms in total. The first-order valence-corrected chi connectivity index (χ1v) is 5.69. The molecular formula is C11H22N2O2. The third kappa shape index (κ3) is 4.18. The third-order valence-electron chi connectivity index (χ3n) is 2.88. The average molecular weight is 214 g/mol. The largest absolute Gasteiger partial charge is 0.380 e. The summed E-state index contributed by atoms with van der Waals surface area (Å²) in [6.45, 7) is 3.55. The van der Waals surface area contributed by atoms with Gasteiger partial charge in [-0.2, -0.15) is 0 Å². The van der Waals surface area contributed by atoms with Gasteiger partial charge in [-0.1, -0.05) is 0 Å². The van der Waals surface area contributed by atoms with Crippen molar-refractivity contribution in [3.63, 3.8) is 0 Å². The molecule has 2 N–H and O–H groups in total. The fourth-order valence-corrected chi connectivity index (χ4v) is 1.87. The lowest BCUT2D eigenvalue weighted by atomic mass is 10.1. The number of likely N-dealkylation sites (tertiary alicyclic amines) is 1. The van der Waals surface area contributed by atoms with Crippen molar-refractivity contribution in [1.82, 2.24) is 4.90 Å². The van der Waals surface area contributed by atoms with Crippen LogP contribution in [0.3, 0.4) is 0 Å². The second-order valence-corrected chi connectivity index (χ2v) is 4.36. The van der Waals surface area contributed by atoms with Crippen LogP contribution < -0.4 is 5.73 Å². The van der Waals surface area contributed by atoms with E-state index in [9.17, 15) is 4.79 Å². The highest BCUT2D eigenvalue weighted by Crippen LogP contribution is 2.14. The van der Waals surface area contributed by atoms with Crippen molar-refractivity contribution in [2.75, 3.05) is 20.2 Å². The molecule has 1 aliphatic rings. The van der Waals surface area contributed by atoms with Crippen molar-refractivity contribution in [2.24, 2.45) is 5.73 Å². The highest BCUT2D eigenvalue weighted by atomic mass is 16.5. The van der Waals surface area contributed by atoms with Gasteiger partial charge in [-0.15, -0.1) is 0 Å². The maximum absolute atomic E-state index is 11.8. The minimum Gasteiger partial charge on any atom is -0.380 e. The second kappa shape index (κ2) is 6.08. The first kappa shape index (κ1) is 12.5. The molecule has 1 amide bonds. The molecule has 0 aliphatic carbocycles. The van der Waals surface area contributed by atoms with E-state index in [1.165, 1.54) is 0 Å². The lowest BCUT2D eigenvalue weighted by molar-refractivity contribution is -0.134. The second-order valence-electron chi connectivity index (χ2n) is 4.36. The summed E-state index contributed by atoms with van der Waals surface area (Å²) in [5, 5.41) is 0. The van der Waals surface area contributed by atoms with Gasteiger partial charge in [-0.05, 0) is 26.2 Å². The van der Waals surface area contributed by atoms with Crippen LogP contribution in [0.15, 0.2) is 0 Å². The van der Waals surface area contributed by atoms with Crippen molar-refractivity contribution in [3.05, 3.63) is 0 Å². The van der Waals surface area contributed by atoms with Gasteiger partial charge >= 0.3 is 0 Å². The highest BCUT2D eigenvalue weighted by Gasteiger charge is 2.22. The van der Waals surface area contributed by atoms with E-state index in [4.69, 9.17) is 10.5 Å². The monoisotopic (exact) mass is 214 g/mol. The van der Waals surface area contributed by atoms with Gasteiger partial charge in [-0.25, -0.2) is 0 Å². The Hall–Kier alpha value is -0.610. The number of methoxy groups -OCH3 is 1. The van der Waals surface area contributed by atoms with Crippen LogP contribution in [0.5, 0.6) is 0 Å². The van der Waals surface area contributed by atoms with E-state index in [0.717, 1.165) is 32.4 Å². The Labute approximate surface area is 91.8 Å². The van der Waals surface area contributed by atoms with Crippen LogP contribution in [0.1, 0.15) is 32.6 Å². The molecule has 0 aromatic heterocycles. The molecule has 2 unspecified atom stereocenters. The highest BCUT2D eigenvalue weighted by molar-refractivity contribution is 5.76. The summed E-state index contributed by atoms with van der Waals surface area (Å²) in [5.41, 5.74) is 5.63. The number of nitrogens with zero attached hydrogens (tertiary/aromatic N) is 1. The molecule has 0 aromatic carbocycles. The van der Waals surface area contributed by atoms with E-state index in [-0.39, 0.29) is 18.1 Å². The number of carbonyl (C=O) groups is 1. The summed E-state index contributed by atoms with van der Waals surface area (Å²) in [7, 11) is 1.71. The van der Waals surface area contributed by atoms with Crippen molar-refractivity contribution in [3.8, 4) is 0 Å². The topological polar surface area (TPSA) is 55.6 Å². The van der Waals surface area contributed by atoms with E-state index in [0.29, 0.717) is 6.42 Å². The summed E-state index contributed by atoms with van der Waals surface area (Å²) in [6, 6.07) is 0.108. The Balaban J connectivity index is 2.32. The zero-order valence-electron chi connectivity index (χ0n) is 9.74. The summed E-state index contributed by atoms with van der Waals surface area (Å²) in [4.78, 5) is 13.7. The molecule has 0 aromatic rings. The zero-order valence-corrected chi connectivity index (χ0v) is 9.74. The fourth-order valence-electron chi connectivity index (χ4n) is 1.87. The van der Waals surface area contributed by atoms with Crippen LogP contribution in [0.2, 0.25) is 0 Å². The van der Waals surface area contributed by atoms with Crippen molar-refractivity contribution in [1.29, 1.82) is 0 Å². The molecule has 1 rings (SSSR count). The molecule has 1 heterocycles. The Morgan fingerprint density at radius 3 is 3.00 bits per heavy atom. The number of piperidine rings is 1. The van der Waals surface area contributed by atoms with Gasteiger partial charge in [0.2, 0.25) is 5.91 Å². The molecule has 1 aliphatic heterocycles. The van der Waals surface area contributed by atoms with Gasteiger partial charge < -0.3 is 15.4 Å². The number of amides is 1. The van der Waals surface area contributed by atoms with Crippen LogP contribution >= 0.6 is 0 Å². The lowest BCUT2D eigenvalue weighted by Gasteiger charge is -2.32. The minimum atomic E-state index is 0.108. The summed E-state index contributed by atoms with van der Waals surface area (Å²) in [6.07, 6.45) is 3.66. The molecule has 0 saturated carbocycles. The van der Waals surface area contributed by atoms with Crippen LogP contribution in [0.4, 0.5) is 0 Å². The van der Waals surface area contributed by atoms with Crippen LogP contribution in [-0.4, -0.2) is 43.2 Å². The first-order chi connectivity index (χ1) is 7.13. The zero-order chi connectivity index (χ0) is 11.3. The lowest BCUT2D eigenvalue weighted by Crippen LogP contribution is -2.43. The standard InChI is InChI=1S/C11H22N2O2/c1-9(12)5-6-11(14)13-7-3-4-10(8-13)15-2/h9-10H,3-8,12H2,1-2H3. The summed E-state index contributed by atoms with van der Waals surface area (Å²) < 4.78 is 5.28. The number of hydrogen-bond donors (Lipinski definition) is 1. The molecule has 15 heavy (non-hydrogen) atoms. The third-order valence-corrected chi connectivity index (χ3v) is 2.88. The van der Waals surface area contributed by atoms with E-state index in [2.05, 4.69) is 0 Å². The quantitative estimate of drug-likeness (QED) is 0.751. The predicted octanol–water partition coefficient (Wildman–Crippen LogP) is 0.751. The molecular weight excluding hydrogens is 192 g/mol. The maximum atomic E-state index is 11.8. The SMILES string of the molecule is COC1CCCN(C(=O)CCC(C)N)C1. The van der Waals surface area contributed by atoms with Crippen molar-refractivity contribution in [2.45, 2.75) is 44.8 Å². The van der Waals surface area contributed by atoms with Gasteiger partial charge in [0.1, 0.15) is 0 Å². The van der Waals surface area contributed by atoms with Crippen molar-refractivity contribution < 1.29 is 9.53 Å². The van der Waals surface area contributed by atoms with Crippen molar-refractivity contribution >= 4 is 5.91 Å². The Bertz CT molecular complexity index is 207. The van der Waals surface area contributed by atoms with E-state index >= 15 is 0 Å². The normalized spacial score (nSPS) is 23.9. The van der Waals surface area contributed by atoms with Crippen LogP contribution in [0.25, 0.3) is 0 Å². The van der Waals surface area contributed by atoms with Gasteiger partial charge in [0.15, 0.2) is 0 Å². The minimum absolute atomic E-state index is 0.108. The average Bonchev–Trinajstić information content (AvgIpc) is 2.26.